The lowest BCUT2D eigenvalue weighted by Crippen LogP contribution is -2.29. The maximum Gasteiger partial charge on any atom is 0.247 e. The summed E-state index contributed by atoms with van der Waals surface area (Å²) in [7, 11) is 0. The number of likely N-dealkylation sites (tertiary alicyclic amines) is 1. The maximum absolute atomic E-state index is 9.75. The second-order valence-electron chi connectivity index (χ2n) is 8.80. The molecule has 0 aromatic carbocycles. The minimum Gasteiger partial charge on any atom is -0.393 e. The molecular formula is C23H32N8O. The van der Waals surface area contributed by atoms with Crippen LogP contribution in [-0.2, 0) is 0 Å². The van der Waals surface area contributed by atoms with Gasteiger partial charge >= 0.3 is 0 Å². The zero-order chi connectivity index (χ0) is 21.8. The lowest BCUT2D eigenvalue weighted by atomic mass is 9.93. The molecule has 1 aliphatic carbocycles. The predicted molar refractivity (Wildman–Crippen MR) is 127 cm³/mol. The van der Waals surface area contributed by atoms with E-state index in [2.05, 4.69) is 35.9 Å². The van der Waals surface area contributed by atoms with Crippen LogP contribution in [0.1, 0.15) is 38.5 Å². The van der Waals surface area contributed by atoms with Crippen molar-refractivity contribution in [1.82, 2.24) is 24.5 Å². The molecule has 1 aliphatic heterocycles. The minimum atomic E-state index is -0.161. The number of pyridine rings is 2. The van der Waals surface area contributed by atoms with Crippen LogP contribution in [0, 0.1) is 0 Å². The Morgan fingerprint density at radius 1 is 1.06 bits per heavy atom. The molecule has 2 aliphatic rings. The van der Waals surface area contributed by atoms with Gasteiger partial charge in [0.25, 0.3) is 0 Å². The molecule has 4 N–H and O–H groups in total. The van der Waals surface area contributed by atoms with Crippen LogP contribution in [0.3, 0.4) is 0 Å². The van der Waals surface area contributed by atoms with Gasteiger partial charge in [-0.3, -0.25) is 0 Å². The first-order chi connectivity index (χ1) is 15.7. The molecular weight excluding hydrogens is 404 g/mol. The van der Waals surface area contributed by atoms with E-state index in [1.54, 1.807) is 6.20 Å². The van der Waals surface area contributed by atoms with Crippen LogP contribution >= 0.6 is 0 Å². The topological polar surface area (TPSA) is 103 Å². The maximum atomic E-state index is 9.75. The standard InChI is InChI=1S/C23H32N8O/c32-19-8-6-17(7-9-19)26-21-4-3-5-22-28-23(29-31(21)22)27-18-10-11-24-20(16-18)25-12-15-30-13-1-2-14-30/h3-5,10-11,16-17,19,26,32H,1-2,6-9,12-15H2,(H2,24,25,27,29). The fraction of sp³-hybridized carbons (Fsp3) is 0.522. The molecule has 3 aromatic heterocycles. The largest absolute Gasteiger partial charge is 0.393 e. The monoisotopic (exact) mass is 436 g/mol. The number of hydrogen-bond donors (Lipinski definition) is 4. The number of rotatable bonds is 8. The van der Waals surface area contributed by atoms with Gasteiger partial charge in [-0.2, -0.15) is 9.50 Å². The van der Waals surface area contributed by atoms with Gasteiger partial charge in [0.15, 0.2) is 5.65 Å². The molecule has 0 bridgehead atoms. The van der Waals surface area contributed by atoms with Crippen LogP contribution in [0.5, 0.6) is 0 Å². The Hall–Kier alpha value is -2.91. The number of nitrogens with one attached hydrogen (secondary N) is 3. The quantitative estimate of drug-likeness (QED) is 0.427. The van der Waals surface area contributed by atoms with E-state index in [1.807, 2.05) is 34.8 Å². The molecule has 0 spiro atoms. The Labute approximate surface area is 188 Å². The van der Waals surface area contributed by atoms with Crippen molar-refractivity contribution < 1.29 is 5.11 Å². The summed E-state index contributed by atoms with van der Waals surface area (Å²) in [5, 5.41) is 24.7. The molecule has 170 valence electrons. The Kier molecular flexibility index (Phi) is 6.36. The van der Waals surface area contributed by atoms with Crippen LogP contribution in [0.2, 0.25) is 0 Å². The molecule has 3 aromatic rings. The van der Waals surface area contributed by atoms with Gasteiger partial charge in [0.2, 0.25) is 5.95 Å². The Bertz CT molecular complexity index is 1020. The van der Waals surface area contributed by atoms with Crippen molar-refractivity contribution in [2.45, 2.75) is 50.7 Å². The van der Waals surface area contributed by atoms with Gasteiger partial charge in [-0.05, 0) is 69.8 Å². The van der Waals surface area contributed by atoms with E-state index in [4.69, 9.17) is 0 Å². The minimum absolute atomic E-state index is 0.161. The second-order valence-corrected chi connectivity index (χ2v) is 8.80. The highest BCUT2D eigenvalue weighted by atomic mass is 16.3. The highest BCUT2D eigenvalue weighted by molar-refractivity contribution is 5.60. The van der Waals surface area contributed by atoms with E-state index < -0.39 is 0 Å². The average Bonchev–Trinajstić information content (AvgIpc) is 3.46. The Morgan fingerprint density at radius 3 is 2.75 bits per heavy atom. The molecule has 0 unspecified atom stereocenters. The molecule has 9 heteroatoms. The average molecular weight is 437 g/mol. The van der Waals surface area contributed by atoms with Gasteiger partial charge in [0.1, 0.15) is 11.6 Å². The highest BCUT2D eigenvalue weighted by Crippen LogP contribution is 2.23. The summed E-state index contributed by atoms with van der Waals surface area (Å²) < 4.78 is 1.84. The number of aliphatic hydroxyl groups excluding tert-OH is 1. The molecule has 0 atom stereocenters. The van der Waals surface area contributed by atoms with E-state index in [9.17, 15) is 5.11 Å². The number of aromatic nitrogens is 4. The van der Waals surface area contributed by atoms with Crippen molar-refractivity contribution in [1.29, 1.82) is 0 Å². The van der Waals surface area contributed by atoms with E-state index in [0.29, 0.717) is 12.0 Å². The van der Waals surface area contributed by atoms with Crippen molar-refractivity contribution >= 4 is 28.9 Å². The first-order valence-corrected chi connectivity index (χ1v) is 11.7. The summed E-state index contributed by atoms with van der Waals surface area (Å²) >= 11 is 0. The number of aliphatic hydroxyl groups is 1. The van der Waals surface area contributed by atoms with Crippen molar-refractivity contribution in [3.05, 3.63) is 36.5 Å². The van der Waals surface area contributed by atoms with Crippen molar-refractivity contribution in [3.8, 4) is 0 Å². The smallest absolute Gasteiger partial charge is 0.247 e. The zero-order valence-corrected chi connectivity index (χ0v) is 18.4. The third-order valence-electron chi connectivity index (χ3n) is 6.36. The van der Waals surface area contributed by atoms with Gasteiger partial charge in [-0.1, -0.05) is 6.07 Å². The van der Waals surface area contributed by atoms with Crippen LogP contribution < -0.4 is 16.0 Å². The summed E-state index contributed by atoms with van der Waals surface area (Å²) in [5.41, 5.74) is 1.68. The first-order valence-electron chi connectivity index (χ1n) is 11.7. The van der Waals surface area contributed by atoms with Crippen molar-refractivity contribution in [2.24, 2.45) is 0 Å². The third kappa shape index (κ3) is 5.11. The normalized spacial score (nSPS) is 21.7. The zero-order valence-electron chi connectivity index (χ0n) is 18.4. The summed E-state index contributed by atoms with van der Waals surface area (Å²) in [6.45, 7) is 4.34. The fourth-order valence-electron chi connectivity index (χ4n) is 4.58. The number of nitrogens with zero attached hydrogens (tertiary/aromatic N) is 5. The van der Waals surface area contributed by atoms with Crippen molar-refractivity contribution in [2.75, 3.05) is 42.1 Å². The Balaban J connectivity index is 1.23. The summed E-state index contributed by atoms with van der Waals surface area (Å²) in [5.74, 6) is 2.32. The van der Waals surface area contributed by atoms with E-state index in [1.165, 1.54) is 25.9 Å². The molecule has 0 radical (unpaired) electrons. The van der Waals surface area contributed by atoms with E-state index >= 15 is 0 Å². The number of hydrogen-bond acceptors (Lipinski definition) is 8. The predicted octanol–water partition coefficient (Wildman–Crippen LogP) is 3.09. The molecule has 4 heterocycles. The van der Waals surface area contributed by atoms with Gasteiger partial charge in [0, 0.05) is 37.1 Å². The molecule has 32 heavy (non-hydrogen) atoms. The molecule has 1 saturated heterocycles. The van der Waals surface area contributed by atoms with Crippen molar-refractivity contribution in [3.63, 3.8) is 0 Å². The van der Waals surface area contributed by atoms with Gasteiger partial charge in [-0.25, -0.2) is 4.98 Å². The van der Waals surface area contributed by atoms with Gasteiger partial charge < -0.3 is 26.0 Å². The summed E-state index contributed by atoms with van der Waals surface area (Å²) in [4.78, 5) is 11.5. The summed E-state index contributed by atoms with van der Waals surface area (Å²) in [6.07, 6.45) is 7.86. The lowest BCUT2D eigenvalue weighted by Gasteiger charge is -2.26. The first kappa shape index (κ1) is 21.0. The lowest BCUT2D eigenvalue weighted by molar-refractivity contribution is 0.126. The highest BCUT2D eigenvalue weighted by Gasteiger charge is 2.20. The molecule has 0 amide bonds. The van der Waals surface area contributed by atoms with E-state index in [-0.39, 0.29) is 6.10 Å². The number of anilines is 4. The second kappa shape index (κ2) is 9.70. The van der Waals surface area contributed by atoms with Crippen LogP contribution in [0.4, 0.5) is 23.3 Å². The molecule has 1 saturated carbocycles. The van der Waals surface area contributed by atoms with E-state index in [0.717, 1.165) is 61.7 Å². The molecule has 9 nitrogen and oxygen atoms in total. The summed E-state index contributed by atoms with van der Waals surface area (Å²) in [6, 6.07) is 10.2. The SMILES string of the molecule is OC1CCC(Nc2cccc3nc(Nc4ccnc(NCCN5CCCC5)c4)nn23)CC1. The van der Waals surface area contributed by atoms with Crippen LogP contribution in [0.25, 0.3) is 5.65 Å². The van der Waals surface area contributed by atoms with Gasteiger partial charge in [0.05, 0.1) is 6.10 Å². The molecule has 5 rings (SSSR count). The number of fused-ring (bicyclic) bond motifs is 1. The van der Waals surface area contributed by atoms with Gasteiger partial charge in [-0.15, -0.1) is 5.10 Å². The van der Waals surface area contributed by atoms with Crippen LogP contribution in [0.15, 0.2) is 36.5 Å². The third-order valence-corrected chi connectivity index (χ3v) is 6.36. The fourth-order valence-corrected chi connectivity index (χ4v) is 4.58. The Morgan fingerprint density at radius 2 is 1.91 bits per heavy atom. The molecule has 2 fully saturated rings. The van der Waals surface area contributed by atoms with Crippen LogP contribution in [-0.4, -0.2) is 67.9 Å².